The summed E-state index contributed by atoms with van der Waals surface area (Å²) in [5.74, 6) is 0.474. The molecule has 2 aromatic rings. The van der Waals surface area contributed by atoms with Crippen molar-refractivity contribution in [3.05, 3.63) is 48.6 Å². The molecule has 1 aromatic carbocycles. The van der Waals surface area contributed by atoms with Crippen molar-refractivity contribution < 1.29 is 9.90 Å². The topological polar surface area (TPSA) is 87.5 Å². The first-order chi connectivity index (χ1) is 15.0. The molecule has 170 valence electrons. The van der Waals surface area contributed by atoms with Gasteiger partial charge in [0.2, 0.25) is 0 Å². The van der Waals surface area contributed by atoms with Crippen molar-refractivity contribution in [1.29, 1.82) is 0 Å². The molecule has 1 saturated carbocycles. The zero-order chi connectivity index (χ0) is 23.5. The monoisotopic (exact) mass is 434 g/mol. The normalized spacial score (nSPS) is 16.9. The zero-order valence-corrected chi connectivity index (χ0v) is 19.9. The van der Waals surface area contributed by atoms with E-state index in [0.717, 1.165) is 29.8 Å². The van der Waals surface area contributed by atoms with Gasteiger partial charge in [-0.3, -0.25) is 4.79 Å². The maximum atomic E-state index is 11.6. The van der Waals surface area contributed by atoms with Crippen LogP contribution < -0.4 is 5.32 Å². The molecule has 0 saturated heterocycles. The Bertz CT molecular complexity index is 1020. The second-order valence-corrected chi connectivity index (χ2v) is 9.98. The number of allylic oxidation sites excluding steroid dienone is 2. The highest BCUT2D eigenvalue weighted by atomic mass is 16.4. The number of aliphatic carboxylic acids is 1. The van der Waals surface area contributed by atoms with Crippen LogP contribution in [-0.2, 0) is 4.79 Å². The molecule has 1 aliphatic carbocycles. The lowest BCUT2D eigenvalue weighted by Gasteiger charge is -2.21. The highest BCUT2D eigenvalue weighted by Crippen LogP contribution is 2.52. The first kappa shape index (κ1) is 23.6. The molecule has 32 heavy (non-hydrogen) atoms. The van der Waals surface area contributed by atoms with Crippen molar-refractivity contribution in [2.75, 3.05) is 5.32 Å². The number of hydrogen-bond donors (Lipinski definition) is 2. The molecule has 3 rings (SSSR count). The Morgan fingerprint density at radius 3 is 2.34 bits per heavy atom. The average Bonchev–Trinajstić information content (AvgIpc) is 3.52. The van der Waals surface area contributed by atoms with Gasteiger partial charge in [0.1, 0.15) is 5.82 Å². The summed E-state index contributed by atoms with van der Waals surface area (Å²) >= 11 is 0. The molecule has 1 unspecified atom stereocenters. The van der Waals surface area contributed by atoms with Gasteiger partial charge in [-0.15, -0.1) is 0 Å². The van der Waals surface area contributed by atoms with Crippen LogP contribution in [0.2, 0.25) is 0 Å². The Kier molecular flexibility index (Phi) is 6.82. The van der Waals surface area contributed by atoms with E-state index in [4.69, 9.17) is 9.98 Å². The van der Waals surface area contributed by atoms with Gasteiger partial charge in [0.25, 0.3) is 5.95 Å². The summed E-state index contributed by atoms with van der Waals surface area (Å²) in [6, 6.07) is 11.9. The Morgan fingerprint density at radius 2 is 1.81 bits per heavy atom. The Morgan fingerprint density at radius 1 is 1.16 bits per heavy atom. The van der Waals surface area contributed by atoms with Crippen LogP contribution in [0.5, 0.6) is 0 Å². The van der Waals surface area contributed by atoms with Crippen molar-refractivity contribution in [2.24, 2.45) is 22.2 Å². The van der Waals surface area contributed by atoms with E-state index >= 15 is 0 Å². The summed E-state index contributed by atoms with van der Waals surface area (Å²) in [6.45, 7) is 12.3. The number of benzene rings is 1. The number of aromatic nitrogens is 2. The minimum Gasteiger partial charge on any atom is -0.481 e. The quantitative estimate of drug-likeness (QED) is 0.487. The van der Waals surface area contributed by atoms with Crippen molar-refractivity contribution in [2.45, 2.75) is 59.9 Å². The summed E-state index contributed by atoms with van der Waals surface area (Å²) in [5.41, 5.74) is 1.84. The SMILES string of the molecule is CC(C)C(/C=C\C(C)C1(C(=O)O)CC1)=Nc1nc(NC(C)(C)C)cc(-c2ccccc2)n1. The van der Waals surface area contributed by atoms with Crippen LogP contribution in [0.15, 0.2) is 53.5 Å². The zero-order valence-electron chi connectivity index (χ0n) is 19.9. The largest absolute Gasteiger partial charge is 0.481 e. The number of hydrogen-bond acceptors (Lipinski definition) is 5. The molecule has 0 spiro atoms. The molecular weight excluding hydrogens is 400 g/mol. The van der Waals surface area contributed by atoms with Gasteiger partial charge in [-0.1, -0.05) is 57.2 Å². The van der Waals surface area contributed by atoms with Crippen LogP contribution in [-0.4, -0.2) is 32.3 Å². The summed E-state index contributed by atoms with van der Waals surface area (Å²) in [6.07, 6.45) is 5.36. The average molecular weight is 435 g/mol. The number of nitrogens with zero attached hydrogens (tertiary/aromatic N) is 3. The number of carbonyl (C=O) groups is 1. The van der Waals surface area contributed by atoms with Crippen LogP contribution in [0, 0.1) is 17.3 Å². The first-order valence-electron chi connectivity index (χ1n) is 11.2. The van der Waals surface area contributed by atoms with Gasteiger partial charge >= 0.3 is 5.97 Å². The molecule has 0 radical (unpaired) electrons. The summed E-state index contributed by atoms with van der Waals surface area (Å²) in [4.78, 5) is 25.8. The molecule has 0 bridgehead atoms. The van der Waals surface area contributed by atoms with Crippen LogP contribution in [0.1, 0.15) is 54.4 Å². The first-order valence-corrected chi connectivity index (χ1v) is 11.2. The van der Waals surface area contributed by atoms with E-state index in [1.807, 2.05) is 55.5 Å². The van der Waals surface area contributed by atoms with Crippen molar-refractivity contribution >= 4 is 23.4 Å². The maximum Gasteiger partial charge on any atom is 0.310 e. The van der Waals surface area contributed by atoms with Crippen molar-refractivity contribution in [1.82, 2.24) is 9.97 Å². The van der Waals surface area contributed by atoms with Gasteiger partial charge in [0.05, 0.1) is 11.1 Å². The summed E-state index contributed by atoms with van der Waals surface area (Å²) in [7, 11) is 0. The van der Waals surface area contributed by atoms with E-state index < -0.39 is 11.4 Å². The number of anilines is 1. The predicted octanol–water partition coefficient (Wildman–Crippen LogP) is 6.14. The molecule has 2 N–H and O–H groups in total. The van der Waals surface area contributed by atoms with Gasteiger partial charge in [-0.05, 0) is 51.5 Å². The third kappa shape index (κ3) is 5.81. The lowest BCUT2D eigenvalue weighted by atomic mass is 9.89. The third-order valence-corrected chi connectivity index (χ3v) is 5.75. The standard InChI is InChI=1S/C26H34N4O2/c1-17(2)20(13-12-18(3)26(14-15-26)23(31)32)27-24-28-21(19-10-8-7-9-11-19)16-22(29-24)30-25(4,5)6/h7-13,16-18H,14-15H2,1-6H3,(H,31,32)(H,28,29,30)/b13-12-,27-20?. The fourth-order valence-corrected chi connectivity index (χ4v) is 3.59. The van der Waals surface area contributed by atoms with E-state index in [2.05, 4.69) is 44.9 Å². The second kappa shape index (κ2) is 9.23. The number of nitrogens with one attached hydrogen (secondary N) is 1. The Labute approximate surface area is 190 Å². The maximum absolute atomic E-state index is 11.6. The number of carboxylic acids is 1. The lowest BCUT2D eigenvalue weighted by molar-refractivity contribution is -0.144. The minimum atomic E-state index is -0.713. The third-order valence-electron chi connectivity index (χ3n) is 5.75. The number of rotatable bonds is 8. The molecule has 6 heteroatoms. The molecule has 0 aliphatic heterocycles. The smallest absolute Gasteiger partial charge is 0.310 e. The van der Waals surface area contributed by atoms with Crippen molar-refractivity contribution in [3.8, 4) is 11.3 Å². The van der Waals surface area contributed by atoms with E-state index in [0.29, 0.717) is 11.8 Å². The van der Waals surface area contributed by atoms with E-state index in [1.165, 1.54) is 0 Å². The van der Waals surface area contributed by atoms with Gasteiger partial charge in [0, 0.05) is 22.9 Å². The highest BCUT2D eigenvalue weighted by Gasteiger charge is 2.53. The number of aliphatic imine (C=N–C) groups is 1. The predicted molar refractivity (Wildman–Crippen MR) is 130 cm³/mol. The van der Waals surface area contributed by atoms with Gasteiger partial charge in [-0.25, -0.2) is 9.98 Å². The highest BCUT2D eigenvalue weighted by molar-refractivity contribution is 5.98. The molecule has 1 heterocycles. The minimum absolute atomic E-state index is 0.0568. The Balaban J connectivity index is 1.98. The molecule has 6 nitrogen and oxygen atoms in total. The molecular formula is C26H34N4O2. The van der Waals surface area contributed by atoms with Gasteiger partial charge < -0.3 is 10.4 Å². The molecule has 1 aromatic heterocycles. The molecule has 0 amide bonds. The summed E-state index contributed by atoms with van der Waals surface area (Å²) < 4.78 is 0. The second-order valence-electron chi connectivity index (χ2n) is 9.98. The molecule has 1 aliphatic rings. The van der Waals surface area contributed by atoms with Crippen LogP contribution in [0.25, 0.3) is 11.3 Å². The number of carboxylic acid groups (broad SMARTS) is 1. The Hall–Kier alpha value is -3.02. The van der Waals surface area contributed by atoms with Crippen LogP contribution >= 0.6 is 0 Å². The van der Waals surface area contributed by atoms with E-state index in [-0.39, 0.29) is 17.4 Å². The van der Waals surface area contributed by atoms with E-state index in [1.54, 1.807) is 0 Å². The van der Waals surface area contributed by atoms with Gasteiger partial charge in [0.15, 0.2) is 0 Å². The van der Waals surface area contributed by atoms with Crippen molar-refractivity contribution in [3.63, 3.8) is 0 Å². The molecule has 1 fully saturated rings. The van der Waals surface area contributed by atoms with Crippen LogP contribution in [0.4, 0.5) is 11.8 Å². The summed E-state index contributed by atoms with van der Waals surface area (Å²) in [5, 5.41) is 13.0. The fraction of sp³-hybridized carbons (Fsp3) is 0.462. The fourth-order valence-electron chi connectivity index (χ4n) is 3.59. The lowest BCUT2D eigenvalue weighted by Crippen LogP contribution is -2.26. The van der Waals surface area contributed by atoms with Gasteiger partial charge in [-0.2, -0.15) is 4.98 Å². The molecule has 1 atom stereocenters. The van der Waals surface area contributed by atoms with Crippen LogP contribution in [0.3, 0.4) is 0 Å². The van der Waals surface area contributed by atoms with E-state index in [9.17, 15) is 9.90 Å².